The van der Waals surface area contributed by atoms with E-state index in [0.717, 1.165) is 0 Å². The van der Waals surface area contributed by atoms with Crippen LogP contribution in [0.5, 0.6) is 0 Å². The topological polar surface area (TPSA) is 26.3 Å². The summed E-state index contributed by atoms with van der Waals surface area (Å²) in [6, 6.07) is 0. The van der Waals surface area contributed by atoms with Gasteiger partial charge in [0.1, 0.15) is 0 Å². The van der Waals surface area contributed by atoms with E-state index in [-0.39, 0.29) is 5.97 Å². The third-order valence-corrected chi connectivity index (χ3v) is 6.31. The molecule has 0 saturated heterocycles. The van der Waals surface area contributed by atoms with E-state index in [2.05, 4.69) is 20.4 Å². The summed E-state index contributed by atoms with van der Waals surface area (Å²) < 4.78 is 5.37. The lowest BCUT2D eigenvalue weighted by molar-refractivity contribution is -0.139. The molecular weight excluding hydrogens is 368 g/mol. The van der Waals surface area contributed by atoms with Gasteiger partial charge in [0.15, 0.2) is 0 Å². The monoisotopic (exact) mass is 422 g/mol. The number of esters is 1. The second-order valence-corrected chi connectivity index (χ2v) is 9.29. The molecule has 0 aromatic heterocycles. The number of hydrogen-bond acceptors (Lipinski definition) is 2. The molecule has 1 unspecified atom stereocenters. The van der Waals surface area contributed by atoms with Crippen molar-refractivity contribution in [1.82, 2.24) is 0 Å². The molecule has 0 bridgehead atoms. The van der Waals surface area contributed by atoms with Crippen molar-refractivity contribution in [3.63, 3.8) is 0 Å². The summed E-state index contributed by atoms with van der Waals surface area (Å²) in [7, 11) is 0. The zero-order valence-corrected chi connectivity index (χ0v) is 20.7. The molecular formula is C28H54O2. The summed E-state index contributed by atoms with van der Waals surface area (Å²) in [6.45, 7) is 8.65. The van der Waals surface area contributed by atoms with Gasteiger partial charge in [-0.15, -0.1) is 0 Å². The maximum atomic E-state index is 11.4. The molecule has 0 saturated carbocycles. The van der Waals surface area contributed by atoms with Crippen molar-refractivity contribution < 1.29 is 9.53 Å². The molecule has 0 aromatic rings. The summed E-state index contributed by atoms with van der Waals surface area (Å²) >= 11 is 0. The molecule has 0 aliphatic rings. The van der Waals surface area contributed by atoms with Crippen LogP contribution >= 0.6 is 0 Å². The van der Waals surface area contributed by atoms with Gasteiger partial charge in [-0.1, -0.05) is 142 Å². The average molecular weight is 423 g/mol. The normalized spacial score (nSPS) is 12.1. The summed E-state index contributed by atoms with van der Waals surface area (Å²) in [5.41, 5.74) is 0. The van der Waals surface area contributed by atoms with Crippen LogP contribution in [-0.2, 0) is 9.53 Å². The fourth-order valence-corrected chi connectivity index (χ4v) is 4.23. The van der Waals surface area contributed by atoms with Gasteiger partial charge in [0.25, 0.3) is 0 Å². The highest BCUT2D eigenvalue weighted by molar-refractivity contribution is 5.81. The number of carbonyl (C=O) groups is 1. The Labute approximate surface area is 189 Å². The molecule has 0 heterocycles. The van der Waals surface area contributed by atoms with E-state index in [1.54, 1.807) is 0 Å². The molecule has 0 spiro atoms. The Balaban J connectivity index is 3.75. The minimum absolute atomic E-state index is 0.269. The van der Waals surface area contributed by atoms with Crippen LogP contribution in [0.2, 0.25) is 0 Å². The first-order valence-electron chi connectivity index (χ1n) is 13.5. The average Bonchev–Trinajstić information content (AvgIpc) is 2.76. The highest BCUT2D eigenvalue weighted by atomic mass is 16.5. The number of ether oxygens (including phenoxy) is 1. The van der Waals surface area contributed by atoms with Gasteiger partial charge in [-0.3, -0.25) is 0 Å². The van der Waals surface area contributed by atoms with Gasteiger partial charge in [0, 0.05) is 6.08 Å². The Hall–Kier alpha value is -0.790. The third kappa shape index (κ3) is 21.9. The van der Waals surface area contributed by atoms with Crippen molar-refractivity contribution in [1.29, 1.82) is 0 Å². The maximum absolute atomic E-state index is 11.4. The molecule has 2 nitrogen and oxygen atoms in total. The van der Waals surface area contributed by atoms with E-state index >= 15 is 0 Å². The quantitative estimate of drug-likeness (QED) is 0.0879. The molecule has 0 fully saturated rings. The van der Waals surface area contributed by atoms with Crippen LogP contribution in [0.15, 0.2) is 12.7 Å². The van der Waals surface area contributed by atoms with Crippen LogP contribution in [0.3, 0.4) is 0 Å². The molecule has 0 N–H and O–H groups in total. The molecule has 0 aromatic carbocycles. The third-order valence-electron chi connectivity index (χ3n) is 6.31. The number of unbranched alkanes of at least 4 members (excludes halogenated alkanes) is 17. The highest BCUT2D eigenvalue weighted by Crippen LogP contribution is 2.20. The molecule has 0 aliphatic carbocycles. The van der Waals surface area contributed by atoms with Gasteiger partial charge >= 0.3 is 5.97 Å². The highest BCUT2D eigenvalue weighted by Gasteiger charge is 2.11. The van der Waals surface area contributed by atoms with E-state index in [1.165, 1.54) is 141 Å². The molecule has 0 amide bonds. The molecule has 1 atom stereocenters. The second-order valence-electron chi connectivity index (χ2n) is 9.29. The van der Waals surface area contributed by atoms with Crippen LogP contribution in [0.4, 0.5) is 0 Å². The number of rotatable bonds is 24. The first-order chi connectivity index (χ1) is 14.7. The van der Waals surface area contributed by atoms with Crippen LogP contribution in [0.1, 0.15) is 149 Å². The molecule has 0 radical (unpaired) electrons. The van der Waals surface area contributed by atoms with Crippen molar-refractivity contribution in [3.05, 3.63) is 12.7 Å². The van der Waals surface area contributed by atoms with Gasteiger partial charge in [-0.25, -0.2) is 4.79 Å². The SMILES string of the molecule is C=CC(=O)OCC(CCCCCCCCCC)CCCCCCCCCCCCC. The smallest absolute Gasteiger partial charge is 0.330 e. The Bertz CT molecular complexity index is 364. The first-order valence-corrected chi connectivity index (χ1v) is 13.5. The van der Waals surface area contributed by atoms with Crippen LogP contribution in [0.25, 0.3) is 0 Å². The fraction of sp³-hybridized carbons (Fsp3) is 0.893. The minimum Gasteiger partial charge on any atom is -0.462 e. The van der Waals surface area contributed by atoms with Gasteiger partial charge in [0.2, 0.25) is 0 Å². The summed E-state index contributed by atoms with van der Waals surface area (Å²) in [5, 5.41) is 0. The lowest BCUT2D eigenvalue weighted by Crippen LogP contribution is -2.13. The van der Waals surface area contributed by atoms with E-state index in [9.17, 15) is 4.79 Å². The van der Waals surface area contributed by atoms with Crippen molar-refractivity contribution >= 4 is 5.97 Å². The molecule has 0 aliphatic heterocycles. The van der Waals surface area contributed by atoms with Gasteiger partial charge in [-0.05, 0) is 18.8 Å². The number of hydrogen-bond donors (Lipinski definition) is 0. The van der Waals surface area contributed by atoms with Gasteiger partial charge in [0.05, 0.1) is 6.61 Å². The predicted molar refractivity (Wildman–Crippen MR) is 133 cm³/mol. The Kier molecular flexibility index (Phi) is 23.8. The number of carbonyl (C=O) groups excluding carboxylic acids is 1. The van der Waals surface area contributed by atoms with Crippen molar-refractivity contribution in [2.75, 3.05) is 6.61 Å². The predicted octanol–water partition coefficient (Wildman–Crippen LogP) is 9.56. The van der Waals surface area contributed by atoms with E-state index < -0.39 is 0 Å². The fourth-order valence-electron chi connectivity index (χ4n) is 4.23. The maximum Gasteiger partial charge on any atom is 0.330 e. The molecule has 0 rings (SSSR count). The van der Waals surface area contributed by atoms with Crippen LogP contribution < -0.4 is 0 Å². The molecule has 2 heteroatoms. The van der Waals surface area contributed by atoms with E-state index in [0.29, 0.717) is 12.5 Å². The van der Waals surface area contributed by atoms with E-state index in [4.69, 9.17) is 4.74 Å². The van der Waals surface area contributed by atoms with E-state index in [1.807, 2.05) is 0 Å². The standard InChI is InChI=1S/C28H54O2/c1-4-7-9-11-13-15-16-17-19-21-23-25-27(26-30-28(29)6-3)24-22-20-18-14-12-10-8-5-2/h6,27H,3-5,7-26H2,1-2H3. The first kappa shape index (κ1) is 29.2. The lowest BCUT2D eigenvalue weighted by atomic mass is 9.94. The molecule has 178 valence electrons. The summed E-state index contributed by atoms with van der Waals surface area (Å²) in [4.78, 5) is 11.4. The minimum atomic E-state index is -0.269. The largest absolute Gasteiger partial charge is 0.462 e. The zero-order chi connectivity index (χ0) is 22.1. The second kappa shape index (κ2) is 24.5. The lowest BCUT2D eigenvalue weighted by Gasteiger charge is -2.16. The van der Waals surface area contributed by atoms with Crippen molar-refractivity contribution in [2.45, 2.75) is 149 Å². The Morgan fingerprint density at radius 1 is 0.633 bits per heavy atom. The van der Waals surface area contributed by atoms with Crippen molar-refractivity contribution in [2.24, 2.45) is 5.92 Å². The van der Waals surface area contributed by atoms with Gasteiger partial charge < -0.3 is 4.74 Å². The summed E-state index contributed by atoms with van der Waals surface area (Å²) in [6.07, 6.45) is 29.8. The van der Waals surface area contributed by atoms with Gasteiger partial charge in [-0.2, -0.15) is 0 Å². The zero-order valence-electron chi connectivity index (χ0n) is 20.7. The molecule has 30 heavy (non-hydrogen) atoms. The van der Waals surface area contributed by atoms with Crippen LogP contribution in [-0.4, -0.2) is 12.6 Å². The van der Waals surface area contributed by atoms with Crippen LogP contribution in [0, 0.1) is 5.92 Å². The Morgan fingerprint density at radius 3 is 1.30 bits per heavy atom. The Morgan fingerprint density at radius 2 is 0.967 bits per heavy atom. The summed E-state index contributed by atoms with van der Waals surface area (Å²) in [5.74, 6) is 0.266. The van der Waals surface area contributed by atoms with Crippen molar-refractivity contribution in [3.8, 4) is 0 Å².